The minimum absolute atomic E-state index is 0.0987. The fraction of sp³-hybridized carbons (Fsp3) is 0.542. The number of hydrogen-bond acceptors (Lipinski definition) is 4. The van der Waals surface area contributed by atoms with Gasteiger partial charge in [-0.1, -0.05) is 26.0 Å². The summed E-state index contributed by atoms with van der Waals surface area (Å²) in [6.07, 6.45) is 0.254. The van der Waals surface area contributed by atoms with E-state index < -0.39 is 11.7 Å². The number of fused-ring (bicyclic) bond motifs is 1. The Kier molecular flexibility index (Phi) is 6.00. The van der Waals surface area contributed by atoms with Gasteiger partial charge in [0.2, 0.25) is 0 Å². The molecule has 1 aromatic carbocycles. The second kappa shape index (κ2) is 8.41. The van der Waals surface area contributed by atoms with Gasteiger partial charge in [-0.3, -0.25) is 9.69 Å². The van der Waals surface area contributed by atoms with Crippen molar-refractivity contribution < 1.29 is 22.8 Å². The Labute approximate surface area is 196 Å². The number of nitrogens with zero attached hydrogens (tertiary/aromatic N) is 4. The maximum atomic E-state index is 13.0. The van der Waals surface area contributed by atoms with Gasteiger partial charge in [-0.25, -0.2) is 4.79 Å². The van der Waals surface area contributed by atoms with Crippen LogP contribution in [0.15, 0.2) is 36.7 Å². The van der Waals surface area contributed by atoms with Crippen molar-refractivity contribution in [3.63, 3.8) is 0 Å². The molecular formula is C24H30F3N5O2. The van der Waals surface area contributed by atoms with E-state index in [1.165, 1.54) is 36.3 Å². The lowest BCUT2D eigenvalue weighted by molar-refractivity contribution is -0.137. The van der Waals surface area contributed by atoms with E-state index >= 15 is 0 Å². The van der Waals surface area contributed by atoms with E-state index in [1.54, 1.807) is 4.90 Å². The topological polar surface area (TPSA) is 70.5 Å². The van der Waals surface area contributed by atoms with Crippen LogP contribution >= 0.6 is 0 Å². The fourth-order valence-corrected chi connectivity index (χ4v) is 5.51. The molecule has 4 rings (SSSR count). The van der Waals surface area contributed by atoms with Crippen molar-refractivity contribution in [3.8, 4) is 0 Å². The van der Waals surface area contributed by atoms with Crippen molar-refractivity contribution in [2.45, 2.75) is 45.5 Å². The maximum Gasteiger partial charge on any atom is 0.416 e. The van der Waals surface area contributed by atoms with Gasteiger partial charge in [-0.15, -0.1) is 0 Å². The Hall–Kier alpha value is -2.88. The average Bonchev–Trinajstić information content (AvgIpc) is 3.42. The van der Waals surface area contributed by atoms with Crippen LogP contribution in [0.2, 0.25) is 0 Å². The van der Waals surface area contributed by atoms with Crippen molar-refractivity contribution in [2.75, 3.05) is 27.2 Å². The molecule has 2 aliphatic rings. The van der Waals surface area contributed by atoms with E-state index in [1.807, 2.05) is 7.05 Å². The van der Waals surface area contributed by atoms with Gasteiger partial charge in [-0.2, -0.15) is 23.0 Å². The van der Waals surface area contributed by atoms with Crippen molar-refractivity contribution in [1.82, 2.24) is 24.9 Å². The zero-order valence-corrected chi connectivity index (χ0v) is 19.8. The highest BCUT2D eigenvalue weighted by Gasteiger charge is 2.59. The number of likely N-dealkylation sites (tertiary alicyclic amines) is 1. The number of alkyl halides is 3. The molecule has 1 aliphatic heterocycles. The highest BCUT2D eigenvalue weighted by molar-refractivity contribution is 5.94. The van der Waals surface area contributed by atoms with Crippen LogP contribution in [0.1, 0.15) is 48.2 Å². The quantitative estimate of drug-likeness (QED) is 0.726. The van der Waals surface area contributed by atoms with Crippen LogP contribution in [-0.2, 0) is 12.7 Å². The van der Waals surface area contributed by atoms with E-state index in [-0.39, 0.29) is 28.8 Å². The molecule has 3 atom stereocenters. The molecule has 1 aromatic heterocycles. The molecule has 34 heavy (non-hydrogen) atoms. The third-order valence-electron chi connectivity index (χ3n) is 7.78. The molecule has 1 N–H and O–H groups in total. The summed E-state index contributed by atoms with van der Waals surface area (Å²) in [4.78, 5) is 28.8. The van der Waals surface area contributed by atoms with Crippen LogP contribution < -0.4 is 5.32 Å². The SMILES string of the molecule is CNC(=O)c1cnn(C(=O)N2C[C@]3(C)CC(N(C)Cc4ccc(C(F)(F)F)cc4)C[C@]3(C)C2)c1. The number of rotatable bonds is 4. The van der Waals surface area contributed by atoms with Crippen molar-refractivity contribution in [2.24, 2.45) is 10.8 Å². The van der Waals surface area contributed by atoms with E-state index in [9.17, 15) is 22.8 Å². The molecule has 1 aliphatic carbocycles. The standard InChI is InChI=1S/C24H30F3N5O2/c1-22-9-19(30(4)12-16-5-7-18(8-6-16)24(25,26)27)10-23(22,2)15-31(14-22)21(34)32-13-17(11-29-32)20(33)28-3/h5-8,11,13,19H,9-10,12,14-15H2,1-4H3,(H,28,33)/t19?,22-,23+. The third-order valence-corrected chi connectivity index (χ3v) is 7.78. The Morgan fingerprint density at radius 3 is 2.26 bits per heavy atom. The number of carbonyl (C=O) groups excluding carboxylic acids is 2. The van der Waals surface area contributed by atoms with Crippen molar-refractivity contribution >= 4 is 11.9 Å². The van der Waals surface area contributed by atoms with E-state index in [2.05, 4.69) is 29.2 Å². The van der Waals surface area contributed by atoms with Gasteiger partial charge >= 0.3 is 12.2 Å². The fourth-order valence-electron chi connectivity index (χ4n) is 5.51. The van der Waals surface area contributed by atoms with Gasteiger partial charge in [0, 0.05) is 38.9 Å². The van der Waals surface area contributed by atoms with Crippen molar-refractivity contribution in [1.29, 1.82) is 0 Å². The first-order chi connectivity index (χ1) is 15.8. The summed E-state index contributed by atoms with van der Waals surface area (Å²) < 4.78 is 39.7. The van der Waals surface area contributed by atoms with Crippen LogP contribution in [0, 0.1) is 10.8 Å². The second-order valence-electron chi connectivity index (χ2n) is 10.2. The van der Waals surface area contributed by atoms with E-state index in [0.717, 1.165) is 30.5 Å². The molecule has 1 unspecified atom stereocenters. The highest BCUT2D eigenvalue weighted by atomic mass is 19.4. The molecule has 2 aromatic rings. The second-order valence-corrected chi connectivity index (χ2v) is 10.2. The lowest BCUT2D eigenvalue weighted by Crippen LogP contribution is -2.38. The minimum Gasteiger partial charge on any atom is -0.355 e. The van der Waals surface area contributed by atoms with Gasteiger partial charge in [0.25, 0.3) is 5.91 Å². The van der Waals surface area contributed by atoms with E-state index in [0.29, 0.717) is 25.2 Å². The summed E-state index contributed by atoms with van der Waals surface area (Å²) in [7, 11) is 3.53. The van der Waals surface area contributed by atoms with Crippen LogP contribution in [0.25, 0.3) is 0 Å². The van der Waals surface area contributed by atoms with Gasteiger partial charge in [0.05, 0.1) is 17.3 Å². The molecular weight excluding hydrogens is 447 g/mol. The normalized spacial score (nSPS) is 26.7. The summed E-state index contributed by atoms with van der Waals surface area (Å²) in [5.74, 6) is -0.296. The van der Waals surface area contributed by atoms with Crippen LogP contribution in [0.4, 0.5) is 18.0 Å². The number of hydrogen-bond donors (Lipinski definition) is 1. The minimum atomic E-state index is -4.33. The maximum absolute atomic E-state index is 13.0. The first-order valence-corrected chi connectivity index (χ1v) is 11.3. The molecule has 0 spiro atoms. The number of halogens is 3. The first-order valence-electron chi connectivity index (χ1n) is 11.3. The largest absolute Gasteiger partial charge is 0.416 e. The third kappa shape index (κ3) is 4.31. The molecule has 2 amide bonds. The molecule has 2 fully saturated rings. The molecule has 7 nitrogen and oxygen atoms in total. The van der Waals surface area contributed by atoms with Gasteiger partial charge in [0.1, 0.15) is 0 Å². The Morgan fingerprint density at radius 2 is 1.74 bits per heavy atom. The Morgan fingerprint density at radius 1 is 1.15 bits per heavy atom. The van der Waals surface area contributed by atoms with Crippen LogP contribution in [-0.4, -0.2) is 64.7 Å². The number of carbonyl (C=O) groups is 2. The smallest absolute Gasteiger partial charge is 0.355 e. The summed E-state index contributed by atoms with van der Waals surface area (Å²) in [6, 6.07) is 5.35. The first kappa shape index (κ1) is 24.3. The average molecular weight is 478 g/mol. The number of aromatic nitrogens is 2. The zero-order chi connectivity index (χ0) is 24.9. The molecule has 10 heteroatoms. The molecule has 1 saturated carbocycles. The molecule has 1 saturated heterocycles. The summed E-state index contributed by atoms with van der Waals surface area (Å²) in [5, 5.41) is 6.58. The van der Waals surface area contributed by atoms with E-state index in [4.69, 9.17) is 0 Å². The summed E-state index contributed by atoms with van der Waals surface area (Å²) >= 11 is 0. The Balaban J connectivity index is 1.40. The monoisotopic (exact) mass is 477 g/mol. The van der Waals surface area contributed by atoms with Gasteiger partial charge < -0.3 is 10.2 Å². The Bertz CT molecular complexity index is 1060. The van der Waals surface area contributed by atoms with Crippen LogP contribution in [0.5, 0.6) is 0 Å². The van der Waals surface area contributed by atoms with Crippen LogP contribution in [0.3, 0.4) is 0 Å². The zero-order valence-electron chi connectivity index (χ0n) is 19.8. The molecule has 2 heterocycles. The molecule has 0 radical (unpaired) electrons. The highest BCUT2D eigenvalue weighted by Crippen LogP contribution is 2.58. The number of nitrogens with one attached hydrogen (secondary N) is 1. The molecule has 184 valence electrons. The number of amides is 2. The predicted octanol–water partition coefficient (Wildman–Crippen LogP) is 3.85. The number of benzene rings is 1. The summed E-state index contributed by atoms with van der Waals surface area (Å²) in [6.45, 7) is 6.13. The predicted molar refractivity (Wildman–Crippen MR) is 120 cm³/mol. The van der Waals surface area contributed by atoms with Gasteiger partial charge in [-0.05, 0) is 48.4 Å². The summed E-state index contributed by atoms with van der Waals surface area (Å²) in [5.41, 5.74) is 0.332. The molecule has 0 bridgehead atoms. The lowest BCUT2D eigenvalue weighted by Gasteiger charge is -2.31. The lowest BCUT2D eigenvalue weighted by atomic mass is 9.71. The van der Waals surface area contributed by atoms with Gasteiger partial charge in [0.15, 0.2) is 0 Å². The van der Waals surface area contributed by atoms with Crippen molar-refractivity contribution in [3.05, 3.63) is 53.3 Å².